The summed E-state index contributed by atoms with van der Waals surface area (Å²) in [6.45, 7) is 5.93. The minimum atomic E-state index is -0.571. The van der Waals surface area contributed by atoms with Gasteiger partial charge in [0.2, 0.25) is 11.8 Å². The maximum Gasteiger partial charge on any atom is 0.242 e. The molecular formula is C23H29ClN2O3S. The fourth-order valence-corrected chi connectivity index (χ4v) is 3.83. The van der Waals surface area contributed by atoms with Crippen molar-refractivity contribution < 1.29 is 14.3 Å². The fourth-order valence-electron chi connectivity index (χ4n) is 2.84. The number of amides is 2. The Morgan fingerprint density at radius 3 is 2.20 bits per heavy atom. The first-order chi connectivity index (χ1) is 14.3. The molecule has 7 heteroatoms. The van der Waals surface area contributed by atoms with E-state index in [0.29, 0.717) is 17.3 Å². The second kappa shape index (κ2) is 11.9. The highest BCUT2D eigenvalue weighted by Gasteiger charge is 2.26. The van der Waals surface area contributed by atoms with Gasteiger partial charge in [0.1, 0.15) is 11.8 Å². The minimum absolute atomic E-state index is 0.0113. The number of nitrogens with zero attached hydrogens (tertiary/aromatic N) is 1. The maximum absolute atomic E-state index is 13.0. The van der Waals surface area contributed by atoms with Gasteiger partial charge in [-0.3, -0.25) is 9.59 Å². The molecule has 1 N–H and O–H groups in total. The average Bonchev–Trinajstić information content (AvgIpc) is 2.72. The molecule has 0 fully saturated rings. The molecule has 5 nitrogen and oxygen atoms in total. The summed E-state index contributed by atoms with van der Waals surface area (Å²) in [5.41, 5.74) is 2.04. The number of hydrogen-bond acceptors (Lipinski definition) is 4. The number of carbonyl (C=O) groups is 2. The quantitative estimate of drug-likeness (QED) is 0.580. The van der Waals surface area contributed by atoms with E-state index in [4.69, 9.17) is 16.3 Å². The highest BCUT2D eigenvalue weighted by molar-refractivity contribution is 7.99. The molecule has 2 amide bonds. The van der Waals surface area contributed by atoms with Gasteiger partial charge in [0.25, 0.3) is 0 Å². The number of hydrogen-bond donors (Lipinski definition) is 1. The molecule has 0 saturated heterocycles. The lowest BCUT2D eigenvalue weighted by atomic mass is 10.1. The van der Waals surface area contributed by atoms with Crippen LogP contribution in [0.4, 0.5) is 0 Å². The molecule has 162 valence electrons. The van der Waals surface area contributed by atoms with Crippen molar-refractivity contribution >= 4 is 35.2 Å². The lowest BCUT2D eigenvalue weighted by Gasteiger charge is -2.29. The van der Waals surface area contributed by atoms with Gasteiger partial charge in [-0.15, -0.1) is 11.8 Å². The summed E-state index contributed by atoms with van der Waals surface area (Å²) in [7, 11) is 1.61. The Morgan fingerprint density at radius 2 is 1.63 bits per heavy atom. The van der Waals surface area contributed by atoms with Crippen molar-refractivity contribution in [3.8, 4) is 5.75 Å². The number of thioether (sulfide) groups is 1. The van der Waals surface area contributed by atoms with Crippen molar-refractivity contribution in [2.45, 2.75) is 45.2 Å². The van der Waals surface area contributed by atoms with Crippen LogP contribution in [0.25, 0.3) is 0 Å². The number of nitrogens with one attached hydrogen (secondary N) is 1. The summed E-state index contributed by atoms with van der Waals surface area (Å²) in [6.07, 6.45) is 0. The molecule has 0 aliphatic heterocycles. The second-order valence-corrected chi connectivity index (χ2v) is 8.75. The Bertz CT molecular complexity index is 825. The van der Waals surface area contributed by atoms with Crippen LogP contribution < -0.4 is 10.1 Å². The monoisotopic (exact) mass is 448 g/mol. The highest BCUT2D eigenvalue weighted by Crippen LogP contribution is 2.19. The molecule has 1 atom stereocenters. The van der Waals surface area contributed by atoms with E-state index in [2.05, 4.69) is 5.32 Å². The van der Waals surface area contributed by atoms with Crippen molar-refractivity contribution in [3.05, 3.63) is 64.7 Å². The van der Waals surface area contributed by atoms with Crippen LogP contribution in [0.1, 0.15) is 31.9 Å². The SMILES string of the molecule is COc1ccc(CN(C(=O)CSCc2ccc(Cl)cc2)C(C)C(=O)NC(C)C)cc1. The van der Waals surface area contributed by atoms with Gasteiger partial charge >= 0.3 is 0 Å². The Hall–Kier alpha value is -2.18. The first kappa shape index (κ1) is 24.1. The first-order valence-corrected chi connectivity index (χ1v) is 11.4. The van der Waals surface area contributed by atoms with E-state index in [1.54, 1.807) is 18.9 Å². The smallest absolute Gasteiger partial charge is 0.242 e. The number of halogens is 1. The van der Waals surface area contributed by atoms with Gasteiger partial charge in [-0.2, -0.15) is 0 Å². The lowest BCUT2D eigenvalue weighted by Crippen LogP contribution is -2.49. The van der Waals surface area contributed by atoms with Crippen molar-refractivity contribution in [2.24, 2.45) is 0 Å². The van der Waals surface area contributed by atoms with E-state index < -0.39 is 6.04 Å². The van der Waals surface area contributed by atoms with Crippen molar-refractivity contribution in [1.29, 1.82) is 0 Å². The fraction of sp³-hybridized carbons (Fsp3) is 0.391. The van der Waals surface area contributed by atoms with E-state index >= 15 is 0 Å². The zero-order valence-electron chi connectivity index (χ0n) is 17.9. The standard InChI is InChI=1S/C23H29ClN2O3S/c1-16(2)25-23(28)17(3)26(13-18-7-11-21(29-4)12-8-18)22(27)15-30-14-19-5-9-20(24)10-6-19/h5-12,16-17H,13-15H2,1-4H3,(H,25,28). The summed E-state index contributed by atoms with van der Waals surface area (Å²) in [5, 5.41) is 3.59. The van der Waals surface area contributed by atoms with Crippen LogP contribution in [0.3, 0.4) is 0 Å². The molecular weight excluding hydrogens is 420 g/mol. The third-order valence-corrected chi connectivity index (χ3v) is 5.76. The second-order valence-electron chi connectivity index (χ2n) is 7.33. The molecule has 1 unspecified atom stereocenters. The molecule has 0 heterocycles. The van der Waals surface area contributed by atoms with Crippen LogP contribution >= 0.6 is 23.4 Å². The summed E-state index contributed by atoms with van der Waals surface area (Å²) in [6, 6.07) is 14.6. The average molecular weight is 449 g/mol. The van der Waals surface area contributed by atoms with Crippen LogP contribution in [0, 0.1) is 0 Å². The van der Waals surface area contributed by atoms with Gasteiger partial charge in [-0.25, -0.2) is 0 Å². The molecule has 0 aliphatic rings. The van der Waals surface area contributed by atoms with E-state index in [0.717, 1.165) is 16.9 Å². The van der Waals surface area contributed by atoms with Crippen LogP contribution in [-0.2, 0) is 21.9 Å². The lowest BCUT2D eigenvalue weighted by molar-refractivity contribution is -0.138. The maximum atomic E-state index is 13.0. The number of rotatable bonds is 10. The topological polar surface area (TPSA) is 58.6 Å². The van der Waals surface area contributed by atoms with Crippen molar-refractivity contribution in [2.75, 3.05) is 12.9 Å². The third kappa shape index (κ3) is 7.58. The minimum Gasteiger partial charge on any atom is -0.497 e. The number of carbonyl (C=O) groups excluding carboxylic acids is 2. The van der Waals surface area contributed by atoms with Crippen molar-refractivity contribution in [1.82, 2.24) is 10.2 Å². The third-order valence-electron chi connectivity index (χ3n) is 4.52. The summed E-state index contributed by atoms with van der Waals surface area (Å²) < 4.78 is 5.20. The van der Waals surface area contributed by atoms with E-state index in [1.165, 1.54) is 11.8 Å². The molecule has 2 rings (SSSR count). The van der Waals surface area contributed by atoms with Gasteiger partial charge in [-0.05, 0) is 56.2 Å². The Morgan fingerprint density at radius 1 is 1.03 bits per heavy atom. The Balaban J connectivity index is 2.06. The highest BCUT2D eigenvalue weighted by atomic mass is 35.5. The van der Waals surface area contributed by atoms with Gasteiger partial charge in [0.05, 0.1) is 12.9 Å². The number of ether oxygens (including phenoxy) is 1. The van der Waals surface area contributed by atoms with Gasteiger partial charge < -0.3 is 15.0 Å². The molecule has 0 saturated carbocycles. The van der Waals surface area contributed by atoms with E-state index in [1.807, 2.05) is 62.4 Å². The largest absolute Gasteiger partial charge is 0.497 e. The Kier molecular flexibility index (Phi) is 9.53. The van der Waals surface area contributed by atoms with Crippen LogP contribution in [0.5, 0.6) is 5.75 Å². The Labute approximate surface area is 188 Å². The molecule has 2 aromatic rings. The van der Waals surface area contributed by atoms with E-state index in [-0.39, 0.29) is 23.6 Å². The number of methoxy groups -OCH3 is 1. The predicted molar refractivity (Wildman–Crippen MR) is 124 cm³/mol. The normalized spacial score (nSPS) is 11.8. The van der Waals surface area contributed by atoms with Gasteiger partial charge in [-0.1, -0.05) is 35.9 Å². The molecule has 0 spiro atoms. The summed E-state index contributed by atoms with van der Waals surface area (Å²) >= 11 is 7.44. The molecule has 0 bridgehead atoms. The molecule has 30 heavy (non-hydrogen) atoms. The predicted octanol–water partition coefficient (Wildman–Crippen LogP) is 4.52. The van der Waals surface area contributed by atoms with Gasteiger partial charge in [0, 0.05) is 23.4 Å². The van der Waals surface area contributed by atoms with Crippen LogP contribution in [-0.4, -0.2) is 41.7 Å². The van der Waals surface area contributed by atoms with Crippen molar-refractivity contribution in [3.63, 3.8) is 0 Å². The molecule has 0 aromatic heterocycles. The summed E-state index contributed by atoms with van der Waals surface area (Å²) in [5.74, 6) is 1.51. The number of benzene rings is 2. The zero-order valence-corrected chi connectivity index (χ0v) is 19.4. The molecule has 0 aliphatic carbocycles. The first-order valence-electron chi connectivity index (χ1n) is 9.85. The van der Waals surface area contributed by atoms with Gasteiger partial charge in [0.15, 0.2) is 0 Å². The van der Waals surface area contributed by atoms with Crippen LogP contribution in [0.2, 0.25) is 5.02 Å². The van der Waals surface area contributed by atoms with E-state index in [9.17, 15) is 9.59 Å². The van der Waals surface area contributed by atoms with Crippen LogP contribution in [0.15, 0.2) is 48.5 Å². The molecule has 2 aromatic carbocycles. The summed E-state index contributed by atoms with van der Waals surface area (Å²) in [4.78, 5) is 27.2. The molecule has 0 radical (unpaired) electrons. The zero-order chi connectivity index (χ0) is 22.1.